The molecule has 18 heavy (non-hydrogen) atoms. The molecule has 0 spiro atoms. The molecule has 1 fully saturated rings. The SMILES string of the molecule is CCCNc1nc(CC)nc(N2CCCC2)c1C. The predicted molar refractivity (Wildman–Crippen MR) is 76.4 cm³/mol. The number of hydrogen-bond acceptors (Lipinski definition) is 4. The topological polar surface area (TPSA) is 41.1 Å². The molecule has 4 heteroatoms. The van der Waals surface area contributed by atoms with Gasteiger partial charge in [-0.3, -0.25) is 0 Å². The summed E-state index contributed by atoms with van der Waals surface area (Å²) in [4.78, 5) is 11.7. The van der Waals surface area contributed by atoms with Crippen molar-refractivity contribution < 1.29 is 0 Å². The van der Waals surface area contributed by atoms with Crippen LogP contribution in [0, 0.1) is 6.92 Å². The van der Waals surface area contributed by atoms with Gasteiger partial charge in [0.1, 0.15) is 17.5 Å². The number of hydrogen-bond donors (Lipinski definition) is 1. The molecular formula is C14H24N4. The number of aryl methyl sites for hydroxylation is 1. The lowest BCUT2D eigenvalue weighted by molar-refractivity contribution is 0.861. The maximum atomic E-state index is 4.72. The van der Waals surface area contributed by atoms with Gasteiger partial charge < -0.3 is 10.2 Å². The fourth-order valence-electron chi connectivity index (χ4n) is 2.36. The molecule has 2 heterocycles. The van der Waals surface area contributed by atoms with E-state index in [1.165, 1.54) is 18.4 Å². The van der Waals surface area contributed by atoms with E-state index in [0.717, 1.165) is 49.9 Å². The lowest BCUT2D eigenvalue weighted by Gasteiger charge is -2.21. The molecule has 0 aromatic carbocycles. The minimum atomic E-state index is 0.891. The van der Waals surface area contributed by atoms with E-state index in [1.54, 1.807) is 0 Å². The smallest absolute Gasteiger partial charge is 0.137 e. The van der Waals surface area contributed by atoms with Crippen LogP contribution in [0.4, 0.5) is 11.6 Å². The molecule has 0 saturated carbocycles. The number of nitrogens with one attached hydrogen (secondary N) is 1. The summed E-state index contributed by atoms with van der Waals surface area (Å²) in [6, 6.07) is 0. The third-order valence-corrected chi connectivity index (χ3v) is 3.43. The first-order valence-corrected chi connectivity index (χ1v) is 7.12. The molecule has 0 atom stereocenters. The van der Waals surface area contributed by atoms with Crippen molar-refractivity contribution in [2.24, 2.45) is 0 Å². The van der Waals surface area contributed by atoms with Gasteiger partial charge in [0.15, 0.2) is 0 Å². The summed E-state index contributed by atoms with van der Waals surface area (Å²) in [5.41, 5.74) is 1.20. The van der Waals surface area contributed by atoms with Gasteiger partial charge in [0.05, 0.1) is 0 Å². The van der Waals surface area contributed by atoms with E-state index in [0.29, 0.717) is 0 Å². The van der Waals surface area contributed by atoms with Crippen molar-refractivity contribution in [3.05, 3.63) is 11.4 Å². The van der Waals surface area contributed by atoms with E-state index < -0.39 is 0 Å². The van der Waals surface area contributed by atoms with Gasteiger partial charge in [0.2, 0.25) is 0 Å². The maximum absolute atomic E-state index is 4.72. The molecular weight excluding hydrogens is 224 g/mol. The van der Waals surface area contributed by atoms with Gasteiger partial charge >= 0.3 is 0 Å². The largest absolute Gasteiger partial charge is 0.370 e. The van der Waals surface area contributed by atoms with Gasteiger partial charge in [0.25, 0.3) is 0 Å². The van der Waals surface area contributed by atoms with Crippen LogP contribution in [0.1, 0.15) is 44.5 Å². The number of rotatable bonds is 5. The molecule has 1 N–H and O–H groups in total. The molecule has 0 radical (unpaired) electrons. The molecule has 0 unspecified atom stereocenters. The van der Waals surface area contributed by atoms with Gasteiger partial charge in [-0.1, -0.05) is 13.8 Å². The van der Waals surface area contributed by atoms with Gasteiger partial charge in [0, 0.05) is 31.6 Å². The highest BCUT2D eigenvalue weighted by Gasteiger charge is 2.19. The molecule has 1 saturated heterocycles. The summed E-state index contributed by atoms with van der Waals surface area (Å²) < 4.78 is 0. The molecule has 100 valence electrons. The molecule has 0 amide bonds. The van der Waals surface area contributed by atoms with Crippen LogP contribution in [-0.2, 0) is 6.42 Å². The lowest BCUT2D eigenvalue weighted by atomic mass is 10.2. The van der Waals surface area contributed by atoms with Gasteiger partial charge in [-0.2, -0.15) is 0 Å². The number of anilines is 2. The normalized spacial score (nSPS) is 15.2. The van der Waals surface area contributed by atoms with Crippen LogP contribution in [-0.4, -0.2) is 29.6 Å². The van der Waals surface area contributed by atoms with Gasteiger partial charge in [-0.15, -0.1) is 0 Å². The van der Waals surface area contributed by atoms with Crippen molar-refractivity contribution in [3.8, 4) is 0 Å². The van der Waals surface area contributed by atoms with E-state index in [2.05, 4.69) is 36.0 Å². The van der Waals surface area contributed by atoms with Crippen molar-refractivity contribution in [1.82, 2.24) is 9.97 Å². The second kappa shape index (κ2) is 6.03. The highest BCUT2D eigenvalue weighted by molar-refractivity contribution is 5.59. The standard InChI is InChI=1S/C14H24N4/c1-4-8-15-13-11(3)14(17-12(5-2)16-13)18-9-6-7-10-18/h4-10H2,1-3H3,(H,15,16,17). The Labute approximate surface area is 110 Å². The Hall–Kier alpha value is -1.32. The zero-order valence-electron chi connectivity index (χ0n) is 11.8. The summed E-state index contributed by atoms with van der Waals surface area (Å²) in [6.07, 6.45) is 4.57. The summed E-state index contributed by atoms with van der Waals surface area (Å²) in [7, 11) is 0. The van der Waals surface area contributed by atoms with Crippen molar-refractivity contribution in [1.29, 1.82) is 0 Å². The third-order valence-electron chi connectivity index (χ3n) is 3.43. The highest BCUT2D eigenvalue weighted by atomic mass is 15.2. The molecule has 2 rings (SSSR count). The Kier molecular flexibility index (Phi) is 4.39. The van der Waals surface area contributed by atoms with Gasteiger partial charge in [-0.05, 0) is 26.2 Å². The van der Waals surface area contributed by atoms with Crippen LogP contribution in [0.3, 0.4) is 0 Å². The molecule has 0 bridgehead atoms. The van der Waals surface area contributed by atoms with Crippen LogP contribution in [0.15, 0.2) is 0 Å². The van der Waals surface area contributed by atoms with Crippen molar-refractivity contribution in [2.75, 3.05) is 29.9 Å². The maximum Gasteiger partial charge on any atom is 0.137 e. The Morgan fingerprint density at radius 3 is 2.50 bits per heavy atom. The Bertz CT molecular complexity index is 397. The molecule has 4 nitrogen and oxygen atoms in total. The minimum Gasteiger partial charge on any atom is -0.370 e. The van der Waals surface area contributed by atoms with Crippen LogP contribution in [0.5, 0.6) is 0 Å². The highest BCUT2D eigenvalue weighted by Crippen LogP contribution is 2.26. The van der Waals surface area contributed by atoms with Crippen molar-refractivity contribution >= 4 is 11.6 Å². The summed E-state index contributed by atoms with van der Waals surface area (Å²) in [5, 5.41) is 3.42. The Morgan fingerprint density at radius 2 is 1.89 bits per heavy atom. The van der Waals surface area contributed by atoms with Crippen molar-refractivity contribution in [3.63, 3.8) is 0 Å². The number of nitrogens with zero attached hydrogens (tertiary/aromatic N) is 3. The van der Waals surface area contributed by atoms with Crippen LogP contribution in [0.2, 0.25) is 0 Å². The average Bonchev–Trinajstić information content (AvgIpc) is 2.91. The fraction of sp³-hybridized carbons (Fsp3) is 0.714. The zero-order valence-corrected chi connectivity index (χ0v) is 11.8. The summed E-state index contributed by atoms with van der Waals surface area (Å²) in [6.45, 7) is 9.65. The lowest BCUT2D eigenvalue weighted by Crippen LogP contribution is -2.22. The van der Waals surface area contributed by atoms with Gasteiger partial charge in [-0.25, -0.2) is 9.97 Å². The van der Waals surface area contributed by atoms with E-state index in [-0.39, 0.29) is 0 Å². The Morgan fingerprint density at radius 1 is 1.17 bits per heavy atom. The zero-order chi connectivity index (χ0) is 13.0. The molecule has 0 aliphatic carbocycles. The molecule has 1 aliphatic rings. The van der Waals surface area contributed by atoms with Crippen LogP contribution >= 0.6 is 0 Å². The van der Waals surface area contributed by atoms with E-state index in [9.17, 15) is 0 Å². The average molecular weight is 248 g/mol. The summed E-state index contributed by atoms with van der Waals surface area (Å²) in [5.74, 6) is 3.10. The van der Waals surface area contributed by atoms with Crippen LogP contribution in [0.25, 0.3) is 0 Å². The van der Waals surface area contributed by atoms with E-state index in [1.807, 2.05) is 0 Å². The molecule has 1 aliphatic heterocycles. The van der Waals surface area contributed by atoms with E-state index >= 15 is 0 Å². The second-order valence-corrected chi connectivity index (χ2v) is 4.91. The molecule has 1 aromatic heterocycles. The fourth-order valence-corrected chi connectivity index (χ4v) is 2.36. The van der Waals surface area contributed by atoms with E-state index in [4.69, 9.17) is 4.98 Å². The predicted octanol–water partition coefficient (Wildman–Crippen LogP) is 2.77. The third kappa shape index (κ3) is 2.74. The minimum absolute atomic E-state index is 0.891. The number of aromatic nitrogens is 2. The second-order valence-electron chi connectivity index (χ2n) is 4.91. The first kappa shape index (κ1) is 13.1. The van der Waals surface area contributed by atoms with Crippen molar-refractivity contribution in [2.45, 2.75) is 46.5 Å². The molecule has 1 aromatic rings. The quantitative estimate of drug-likeness (QED) is 0.870. The first-order valence-electron chi connectivity index (χ1n) is 7.12. The summed E-state index contributed by atoms with van der Waals surface area (Å²) >= 11 is 0. The van der Waals surface area contributed by atoms with Crippen LogP contribution < -0.4 is 10.2 Å². The monoisotopic (exact) mass is 248 g/mol. The first-order chi connectivity index (χ1) is 8.76. The Balaban J connectivity index is 2.31.